The van der Waals surface area contributed by atoms with E-state index in [1.165, 1.54) is 19.2 Å². The number of nitrogens with one attached hydrogen (secondary N) is 1. The molecule has 1 amide bonds. The van der Waals surface area contributed by atoms with E-state index in [0.29, 0.717) is 11.4 Å². The molecular weight excluding hydrogens is 390 g/mol. The van der Waals surface area contributed by atoms with Crippen LogP contribution >= 0.6 is 31.9 Å². The Bertz CT molecular complexity index is 659. The first-order valence-corrected chi connectivity index (χ1v) is 7.23. The van der Waals surface area contributed by atoms with Crippen LogP contribution in [0, 0.1) is 0 Å². The molecule has 0 aliphatic rings. The number of phenols is 1. The van der Waals surface area contributed by atoms with Gasteiger partial charge in [-0.15, -0.1) is 0 Å². The Morgan fingerprint density at radius 3 is 2.55 bits per heavy atom. The van der Waals surface area contributed by atoms with Crippen LogP contribution in [0.25, 0.3) is 0 Å². The van der Waals surface area contributed by atoms with Crippen LogP contribution in [0.1, 0.15) is 10.4 Å². The third kappa shape index (κ3) is 3.32. The van der Waals surface area contributed by atoms with Gasteiger partial charge in [0.25, 0.3) is 5.91 Å². The van der Waals surface area contributed by atoms with E-state index in [4.69, 9.17) is 4.74 Å². The van der Waals surface area contributed by atoms with Gasteiger partial charge in [-0.1, -0.05) is 15.9 Å². The summed E-state index contributed by atoms with van der Waals surface area (Å²) in [6.45, 7) is 0. The van der Waals surface area contributed by atoms with Gasteiger partial charge in [0, 0.05) is 15.0 Å². The standard InChI is InChI=1S/C14H11Br2NO3/c1-20-9-3-4-10(13(18)7-9)14(19)17-12-5-2-8(15)6-11(12)16/h2-7,18H,1H3,(H,17,19). The highest BCUT2D eigenvalue weighted by Crippen LogP contribution is 2.28. The normalized spacial score (nSPS) is 10.2. The van der Waals surface area contributed by atoms with Gasteiger partial charge in [0.2, 0.25) is 0 Å². The first kappa shape index (κ1) is 14.9. The fourth-order valence-electron chi connectivity index (χ4n) is 1.61. The number of halogens is 2. The van der Waals surface area contributed by atoms with Crippen molar-refractivity contribution in [2.24, 2.45) is 0 Å². The summed E-state index contributed by atoms with van der Waals surface area (Å²) in [5.74, 6) is -0.0351. The smallest absolute Gasteiger partial charge is 0.259 e. The Hall–Kier alpha value is -1.53. The van der Waals surface area contributed by atoms with Crippen LogP contribution in [-0.2, 0) is 0 Å². The summed E-state index contributed by atoms with van der Waals surface area (Å²) in [4.78, 5) is 12.1. The van der Waals surface area contributed by atoms with E-state index in [0.717, 1.165) is 8.95 Å². The molecule has 4 nitrogen and oxygen atoms in total. The maximum atomic E-state index is 12.1. The predicted octanol–water partition coefficient (Wildman–Crippen LogP) is 4.18. The highest BCUT2D eigenvalue weighted by Gasteiger charge is 2.13. The molecular formula is C14H11Br2NO3. The molecule has 0 spiro atoms. The van der Waals surface area contributed by atoms with E-state index >= 15 is 0 Å². The Balaban J connectivity index is 2.24. The molecule has 6 heteroatoms. The molecule has 0 unspecified atom stereocenters. The van der Waals surface area contributed by atoms with Crippen LogP contribution < -0.4 is 10.1 Å². The SMILES string of the molecule is COc1ccc(C(=O)Nc2ccc(Br)cc2Br)c(O)c1. The van der Waals surface area contributed by atoms with Crippen molar-refractivity contribution in [3.63, 3.8) is 0 Å². The summed E-state index contributed by atoms with van der Waals surface area (Å²) >= 11 is 6.70. The van der Waals surface area contributed by atoms with E-state index in [1.807, 2.05) is 12.1 Å². The predicted molar refractivity (Wildman–Crippen MR) is 84.5 cm³/mol. The fourth-order valence-corrected chi connectivity index (χ4v) is 2.76. The zero-order chi connectivity index (χ0) is 14.7. The highest BCUT2D eigenvalue weighted by molar-refractivity contribution is 9.11. The summed E-state index contributed by atoms with van der Waals surface area (Å²) in [6.07, 6.45) is 0. The van der Waals surface area contributed by atoms with Crippen molar-refractivity contribution in [2.45, 2.75) is 0 Å². The third-order valence-electron chi connectivity index (χ3n) is 2.63. The monoisotopic (exact) mass is 399 g/mol. The summed E-state index contributed by atoms with van der Waals surface area (Å²) in [7, 11) is 1.49. The average molecular weight is 401 g/mol. The van der Waals surface area contributed by atoms with Crippen molar-refractivity contribution in [3.05, 3.63) is 50.9 Å². The number of aromatic hydroxyl groups is 1. The molecule has 0 saturated heterocycles. The summed E-state index contributed by atoms with van der Waals surface area (Å²) in [5.41, 5.74) is 0.800. The van der Waals surface area contributed by atoms with Gasteiger partial charge < -0.3 is 15.2 Å². The molecule has 0 aromatic heterocycles. The lowest BCUT2D eigenvalue weighted by molar-refractivity contribution is 0.102. The van der Waals surface area contributed by atoms with Crippen LogP contribution in [0.3, 0.4) is 0 Å². The van der Waals surface area contributed by atoms with Gasteiger partial charge >= 0.3 is 0 Å². The number of ether oxygens (including phenoxy) is 1. The van der Waals surface area contributed by atoms with Crippen LogP contribution in [0.4, 0.5) is 5.69 Å². The number of benzene rings is 2. The lowest BCUT2D eigenvalue weighted by atomic mass is 10.1. The van der Waals surface area contributed by atoms with Gasteiger partial charge in [0.15, 0.2) is 0 Å². The largest absolute Gasteiger partial charge is 0.507 e. The number of phenolic OH excluding ortho intramolecular Hbond substituents is 1. The first-order chi connectivity index (χ1) is 9.51. The first-order valence-electron chi connectivity index (χ1n) is 5.64. The van der Waals surface area contributed by atoms with Gasteiger partial charge in [-0.2, -0.15) is 0 Å². The average Bonchev–Trinajstić information content (AvgIpc) is 2.41. The molecule has 0 aliphatic carbocycles. The third-order valence-corrected chi connectivity index (χ3v) is 3.78. The number of methoxy groups -OCH3 is 1. The Kier molecular flexibility index (Phi) is 4.67. The molecule has 0 fully saturated rings. The number of anilines is 1. The van der Waals surface area contributed by atoms with Crippen LogP contribution in [0.2, 0.25) is 0 Å². The summed E-state index contributed by atoms with van der Waals surface area (Å²) < 4.78 is 6.62. The molecule has 0 aliphatic heterocycles. The lowest BCUT2D eigenvalue weighted by Crippen LogP contribution is -2.12. The van der Waals surface area contributed by atoms with Gasteiger partial charge in [0.05, 0.1) is 18.4 Å². The second-order valence-corrected chi connectivity index (χ2v) is 5.73. The number of rotatable bonds is 3. The Morgan fingerprint density at radius 1 is 1.20 bits per heavy atom. The molecule has 0 atom stereocenters. The molecule has 2 rings (SSSR count). The molecule has 0 saturated carbocycles. The number of amides is 1. The fraction of sp³-hybridized carbons (Fsp3) is 0.0714. The molecule has 2 aromatic rings. The quantitative estimate of drug-likeness (QED) is 0.812. The van der Waals surface area contributed by atoms with Crippen molar-refractivity contribution in [2.75, 3.05) is 12.4 Å². The van der Waals surface area contributed by atoms with E-state index in [2.05, 4.69) is 37.2 Å². The second kappa shape index (κ2) is 6.28. The lowest BCUT2D eigenvalue weighted by Gasteiger charge is -2.09. The van der Waals surface area contributed by atoms with Crippen molar-refractivity contribution >= 4 is 43.5 Å². The van der Waals surface area contributed by atoms with Crippen LogP contribution in [0.15, 0.2) is 45.3 Å². The summed E-state index contributed by atoms with van der Waals surface area (Å²) in [6, 6.07) is 9.91. The highest BCUT2D eigenvalue weighted by atomic mass is 79.9. The van der Waals surface area contributed by atoms with Gasteiger partial charge in [-0.3, -0.25) is 4.79 Å². The molecule has 2 aromatic carbocycles. The van der Waals surface area contributed by atoms with Gasteiger partial charge in [-0.25, -0.2) is 0 Å². The zero-order valence-corrected chi connectivity index (χ0v) is 13.7. The van der Waals surface area contributed by atoms with E-state index < -0.39 is 5.91 Å². The van der Waals surface area contributed by atoms with Crippen LogP contribution in [0.5, 0.6) is 11.5 Å². The molecule has 0 radical (unpaired) electrons. The second-order valence-electron chi connectivity index (χ2n) is 3.96. The molecule has 0 heterocycles. The molecule has 2 N–H and O–H groups in total. The number of hydrogen-bond acceptors (Lipinski definition) is 3. The van der Waals surface area contributed by atoms with E-state index in [-0.39, 0.29) is 11.3 Å². The summed E-state index contributed by atoms with van der Waals surface area (Å²) in [5, 5.41) is 12.5. The minimum atomic E-state index is -0.395. The molecule has 20 heavy (non-hydrogen) atoms. The van der Waals surface area contributed by atoms with Gasteiger partial charge in [0.1, 0.15) is 11.5 Å². The minimum absolute atomic E-state index is 0.130. The Labute approximate surface area is 133 Å². The minimum Gasteiger partial charge on any atom is -0.507 e. The van der Waals surface area contributed by atoms with Crippen molar-refractivity contribution < 1.29 is 14.6 Å². The van der Waals surface area contributed by atoms with E-state index in [1.54, 1.807) is 12.1 Å². The maximum Gasteiger partial charge on any atom is 0.259 e. The zero-order valence-electron chi connectivity index (χ0n) is 10.5. The molecule has 0 bridgehead atoms. The van der Waals surface area contributed by atoms with E-state index in [9.17, 15) is 9.90 Å². The van der Waals surface area contributed by atoms with Crippen LogP contribution in [-0.4, -0.2) is 18.1 Å². The van der Waals surface area contributed by atoms with Crippen molar-refractivity contribution in [1.29, 1.82) is 0 Å². The number of carbonyl (C=O) groups excluding carboxylic acids is 1. The number of carbonyl (C=O) groups is 1. The van der Waals surface area contributed by atoms with Gasteiger partial charge in [-0.05, 0) is 46.3 Å². The topological polar surface area (TPSA) is 58.6 Å². The molecule has 104 valence electrons. The maximum absolute atomic E-state index is 12.1. The number of hydrogen-bond donors (Lipinski definition) is 2. The van der Waals surface area contributed by atoms with Crippen molar-refractivity contribution in [1.82, 2.24) is 0 Å². The van der Waals surface area contributed by atoms with Crippen molar-refractivity contribution in [3.8, 4) is 11.5 Å². The Morgan fingerprint density at radius 2 is 1.95 bits per heavy atom.